The zero-order valence-corrected chi connectivity index (χ0v) is 21.4. The van der Waals surface area contributed by atoms with Gasteiger partial charge in [-0.25, -0.2) is 0 Å². The number of hydrogen-bond donors (Lipinski definition) is 0. The lowest BCUT2D eigenvalue weighted by Gasteiger charge is -2.04. The first-order valence-electron chi connectivity index (χ1n) is 12.7. The third-order valence-electron chi connectivity index (χ3n) is 6.22. The Labute approximate surface area is 202 Å². The largest absolute Gasteiger partial charge is 0.472 e. The smallest absolute Gasteiger partial charge is 0.0934 e. The molecule has 0 aromatic carbocycles. The summed E-state index contributed by atoms with van der Waals surface area (Å²) in [5.41, 5.74) is 8.61. The van der Waals surface area contributed by atoms with Crippen LogP contribution in [0.1, 0.15) is 96.6 Å². The molecule has 2 aromatic rings. The molecule has 2 heteroatoms. The minimum atomic E-state index is 1.07. The van der Waals surface area contributed by atoms with Crippen molar-refractivity contribution in [3.63, 3.8) is 0 Å². The Morgan fingerprint density at radius 1 is 0.576 bits per heavy atom. The predicted molar refractivity (Wildman–Crippen MR) is 141 cm³/mol. The van der Waals surface area contributed by atoms with Crippen LogP contribution in [0.15, 0.2) is 92.6 Å². The number of hydrogen-bond acceptors (Lipinski definition) is 2. The van der Waals surface area contributed by atoms with Crippen LogP contribution in [0.2, 0.25) is 0 Å². The first-order valence-corrected chi connectivity index (χ1v) is 12.7. The lowest BCUT2D eigenvalue weighted by molar-refractivity contribution is 0.563. The summed E-state index contributed by atoms with van der Waals surface area (Å²) >= 11 is 0. The van der Waals surface area contributed by atoms with E-state index in [2.05, 4.69) is 64.1 Å². The Bertz CT molecular complexity index is 874. The van der Waals surface area contributed by atoms with Gasteiger partial charge in [-0.05, 0) is 122 Å². The highest BCUT2D eigenvalue weighted by atomic mass is 16.3. The molecule has 0 radical (unpaired) electrons. The maximum Gasteiger partial charge on any atom is 0.0934 e. The highest BCUT2D eigenvalue weighted by Gasteiger charge is 1.97. The van der Waals surface area contributed by atoms with Crippen molar-refractivity contribution in [2.24, 2.45) is 0 Å². The Morgan fingerprint density at radius 2 is 1.00 bits per heavy atom. The fraction of sp³-hybridized carbons (Fsp3) is 0.484. The highest BCUT2D eigenvalue weighted by Crippen LogP contribution is 2.16. The molecule has 0 saturated carbocycles. The summed E-state index contributed by atoms with van der Waals surface area (Å²) in [5.74, 6) is 0. The summed E-state index contributed by atoms with van der Waals surface area (Å²) in [7, 11) is 0. The van der Waals surface area contributed by atoms with Crippen molar-refractivity contribution < 1.29 is 8.83 Å². The van der Waals surface area contributed by atoms with Gasteiger partial charge in [0.25, 0.3) is 0 Å². The average molecular weight is 449 g/mol. The fourth-order valence-corrected chi connectivity index (χ4v) is 3.97. The van der Waals surface area contributed by atoms with Gasteiger partial charge in [0.2, 0.25) is 0 Å². The molecule has 33 heavy (non-hydrogen) atoms. The van der Waals surface area contributed by atoms with Crippen LogP contribution in [0.4, 0.5) is 0 Å². The van der Waals surface area contributed by atoms with Gasteiger partial charge in [0.05, 0.1) is 25.1 Å². The van der Waals surface area contributed by atoms with Crippen LogP contribution < -0.4 is 0 Å². The first kappa shape index (κ1) is 26.8. The van der Waals surface area contributed by atoms with Crippen molar-refractivity contribution >= 4 is 0 Å². The summed E-state index contributed by atoms with van der Waals surface area (Å²) in [6.45, 7) is 9.06. The zero-order valence-electron chi connectivity index (χ0n) is 21.4. The molecule has 2 heterocycles. The molecule has 0 aliphatic rings. The van der Waals surface area contributed by atoms with Crippen LogP contribution in [0.3, 0.4) is 0 Å². The van der Waals surface area contributed by atoms with Crippen molar-refractivity contribution in [1.29, 1.82) is 0 Å². The lowest BCUT2D eigenvalue weighted by Crippen LogP contribution is -1.85. The highest BCUT2D eigenvalue weighted by molar-refractivity contribution is 5.10. The molecule has 180 valence electrons. The summed E-state index contributed by atoms with van der Waals surface area (Å²) < 4.78 is 10.3. The van der Waals surface area contributed by atoms with E-state index in [4.69, 9.17) is 8.83 Å². The van der Waals surface area contributed by atoms with Gasteiger partial charge in [0, 0.05) is 0 Å². The van der Waals surface area contributed by atoms with Gasteiger partial charge < -0.3 is 8.83 Å². The van der Waals surface area contributed by atoms with Gasteiger partial charge >= 0.3 is 0 Å². The molecule has 0 atom stereocenters. The van der Waals surface area contributed by atoms with E-state index < -0.39 is 0 Å². The van der Waals surface area contributed by atoms with Gasteiger partial charge in [-0.2, -0.15) is 0 Å². The quantitative estimate of drug-likeness (QED) is 0.239. The van der Waals surface area contributed by atoms with Crippen molar-refractivity contribution in [3.8, 4) is 0 Å². The Hall–Kier alpha value is -2.48. The monoisotopic (exact) mass is 448 g/mol. The van der Waals surface area contributed by atoms with E-state index in [0.717, 1.165) is 44.9 Å². The average Bonchev–Trinajstić information content (AvgIpc) is 3.48. The Morgan fingerprint density at radius 3 is 1.45 bits per heavy atom. The molecule has 2 nitrogen and oxygen atoms in total. The number of allylic oxidation sites excluding steroid dienone is 8. The molecule has 0 aliphatic carbocycles. The zero-order chi connectivity index (χ0) is 23.7. The van der Waals surface area contributed by atoms with Crippen LogP contribution in [0, 0.1) is 0 Å². The molecule has 2 rings (SSSR count). The van der Waals surface area contributed by atoms with E-state index in [1.54, 1.807) is 12.5 Å². The van der Waals surface area contributed by atoms with Crippen molar-refractivity contribution in [2.75, 3.05) is 0 Å². The Balaban J connectivity index is 1.54. The molecule has 0 N–H and O–H groups in total. The van der Waals surface area contributed by atoms with Crippen molar-refractivity contribution in [1.82, 2.24) is 0 Å². The Kier molecular flexibility index (Phi) is 13.1. The SMILES string of the molecule is C/C(=C\CC/C(C)=C/CCc1ccoc1)CC/C=C(\C)CC/C=C(\C)CCCc1ccoc1. The third-order valence-corrected chi connectivity index (χ3v) is 6.22. The second-order valence-electron chi connectivity index (χ2n) is 9.47. The van der Waals surface area contributed by atoms with Gasteiger partial charge in [-0.3, -0.25) is 0 Å². The number of rotatable bonds is 16. The summed E-state index contributed by atoms with van der Waals surface area (Å²) in [6.07, 6.45) is 29.4. The normalized spacial score (nSPS) is 13.7. The fourth-order valence-electron chi connectivity index (χ4n) is 3.97. The standard InChI is InChI=1S/C31H44O2/c1-26(12-6-14-28(3)16-8-18-30-20-22-32-24-30)10-5-11-27(2)13-7-15-29(4)17-9-19-31-21-23-33-25-31/h10,13-14,17,20-25H,5-9,11-12,15-16,18-19H2,1-4H3/b26-10+,27-13+,28-14+,29-17+. The van der Waals surface area contributed by atoms with Crippen LogP contribution in [0.5, 0.6) is 0 Å². The molecule has 0 aliphatic heterocycles. The maximum atomic E-state index is 5.13. The molecule has 0 fully saturated rings. The third kappa shape index (κ3) is 13.0. The van der Waals surface area contributed by atoms with Gasteiger partial charge in [0.1, 0.15) is 0 Å². The predicted octanol–water partition coefficient (Wildman–Crippen LogP) is 9.95. The van der Waals surface area contributed by atoms with Crippen LogP contribution >= 0.6 is 0 Å². The summed E-state index contributed by atoms with van der Waals surface area (Å²) in [6, 6.07) is 4.11. The second kappa shape index (κ2) is 16.2. The topological polar surface area (TPSA) is 26.3 Å². The van der Waals surface area contributed by atoms with Crippen LogP contribution in [-0.2, 0) is 12.8 Å². The van der Waals surface area contributed by atoms with E-state index in [0.29, 0.717) is 0 Å². The molecule has 2 aromatic heterocycles. The molecule has 0 bridgehead atoms. The van der Waals surface area contributed by atoms with E-state index in [9.17, 15) is 0 Å². The number of aryl methyl sites for hydroxylation is 2. The van der Waals surface area contributed by atoms with E-state index in [-0.39, 0.29) is 0 Å². The van der Waals surface area contributed by atoms with Crippen molar-refractivity contribution in [3.05, 3.63) is 94.9 Å². The first-order chi connectivity index (χ1) is 16.0. The maximum absolute atomic E-state index is 5.13. The van der Waals surface area contributed by atoms with Gasteiger partial charge in [0.15, 0.2) is 0 Å². The summed E-state index contributed by atoms with van der Waals surface area (Å²) in [5, 5.41) is 0. The molecule has 0 spiro atoms. The second-order valence-corrected chi connectivity index (χ2v) is 9.47. The molecule has 0 amide bonds. The van der Waals surface area contributed by atoms with Crippen LogP contribution in [0.25, 0.3) is 0 Å². The van der Waals surface area contributed by atoms with Gasteiger partial charge in [-0.15, -0.1) is 0 Å². The van der Waals surface area contributed by atoms with E-state index in [1.165, 1.54) is 59.1 Å². The minimum Gasteiger partial charge on any atom is -0.472 e. The molecular weight excluding hydrogens is 404 g/mol. The molecule has 0 unspecified atom stereocenters. The minimum absolute atomic E-state index is 1.07. The van der Waals surface area contributed by atoms with Crippen molar-refractivity contribution in [2.45, 2.75) is 98.3 Å². The van der Waals surface area contributed by atoms with Crippen LogP contribution in [-0.4, -0.2) is 0 Å². The van der Waals surface area contributed by atoms with E-state index in [1.807, 2.05) is 12.5 Å². The number of furan rings is 2. The molecular formula is C31H44O2. The summed E-state index contributed by atoms with van der Waals surface area (Å²) in [4.78, 5) is 0. The van der Waals surface area contributed by atoms with E-state index >= 15 is 0 Å². The van der Waals surface area contributed by atoms with Gasteiger partial charge in [-0.1, -0.05) is 46.6 Å². The molecule has 0 saturated heterocycles. The lowest BCUT2D eigenvalue weighted by atomic mass is 10.0.